The van der Waals surface area contributed by atoms with Crippen LogP contribution >= 0.6 is 11.3 Å². The van der Waals surface area contributed by atoms with Crippen molar-refractivity contribution in [3.05, 3.63) is 88.9 Å². The highest BCUT2D eigenvalue weighted by atomic mass is 32.1. The van der Waals surface area contributed by atoms with Crippen LogP contribution in [0.2, 0.25) is 0 Å². The van der Waals surface area contributed by atoms with E-state index < -0.39 is 0 Å². The van der Waals surface area contributed by atoms with Crippen LogP contribution in [-0.2, 0) is 11.2 Å². The molecule has 140 valence electrons. The molecule has 0 atom stereocenters. The Balaban J connectivity index is 1.33. The number of hydrogen-bond acceptors (Lipinski definition) is 4. The number of fused-ring (bicyclic) bond motifs is 1. The molecule has 0 spiro atoms. The van der Waals surface area contributed by atoms with Crippen molar-refractivity contribution < 1.29 is 9.53 Å². The molecule has 5 heteroatoms. The van der Waals surface area contributed by atoms with E-state index in [9.17, 15) is 4.79 Å². The van der Waals surface area contributed by atoms with E-state index in [4.69, 9.17) is 4.74 Å². The van der Waals surface area contributed by atoms with Crippen LogP contribution in [0.15, 0.2) is 72.8 Å². The molecule has 0 aliphatic heterocycles. The lowest BCUT2D eigenvalue weighted by Crippen LogP contribution is -2.20. The third kappa shape index (κ3) is 4.56. The van der Waals surface area contributed by atoms with Crippen LogP contribution < -0.4 is 10.1 Å². The average Bonchev–Trinajstić information content (AvgIpc) is 3.10. The first-order valence-corrected chi connectivity index (χ1v) is 9.90. The number of para-hydroxylation sites is 1. The number of nitrogens with one attached hydrogen (secondary N) is 1. The number of carbonyl (C=O) groups is 1. The summed E-state index contributed by atoms with van der Waals surface area (Å²) < 4.78 is 6.74. The lowest BCUT2D eigenvalue weighted by molar-refractivity contribution is -0.118. The number of hydrogen-bond donors (Lipinski definition) is 1. The van der Waals surface area contributed by atoms with Gasteiger partial charge in [-0.25, -0.2) is 4.98 Å². The molecule has 1 heterocycles. The van der Waals surface area contributed by atoms with Gasteiger partial charge < -0.3 is 10.1 Å². The minimum absolute atomic E-state index is 0.0170. The summed E-state index contributed by atoms with van der Waals surface area (Å²) in [7, 11) is 0. The summed E-state index contributed by atoms with van der Waals surface area (Å²) in [6, 6.07) is 23.7. The number of amides is 1. The summed E-state index contributed by atoms with van der Waals surface area (Å²) in [5.74, 6) is 0.516. The van der Waals surface area contributed by atoms with Gasteiger partial charge in [-0.05, 0) is 54.4 Å². The maximum Gasteiger partial charge on any atom is 0.262 e. The molecule has 0 bridgehead atoms. The Bertz CT molecular complexity index is 1070. The van der Waals surface area contributed by atoms with Gasteiger partial charge in [0.1, 0.15) is 5.75 Å². The Labute approximate surface area is 167 Å². The van der Waals surface area contributed by atoms with Gasteiger partial charge >= 0.3 is 0 Å². The van der Waals surface area contributed by atoms with E-state index in [1.54, 1.807) is 11.3 Å². The number of thiazole rings is 1. The maximum absolute atomic E-state index is 12.1. The van der Waals surface area contributed by atoms with Gasteiger partial charge in [-0.2, -0.15) is 0 Å². The number of aromatic nitrogens is 1. The van der Waals surface area contributed by atoms with Gasteiger partial charge in [-0.3, -0.25) is 4.79 Å². The number of nitrogens with zero attached hydrogens (tertiary/aromatic N) is 1. The van der Waals surface area contributed by atoms with Crippen LogP contribution in [0.5, 0.6) is 5.75 Å². The van der Waals surface area contributed by atoms with Gasteiger partial charge in [-0.15, -0.1) is 11.3 Å². The number of ether oxygens (including phenoxy) is 1. The van der Waals surface area contributed by atoms with E-state index in [1.165, 1.54) is 4.70 Å². The number of rotatable bonds is 6. The molecule has 1 amide bonds. The maximum atomic E-state index is 12.1. The first-order chi connectivity index (χ1) is 13.7. The highest BCUT2D eigenvalue weighted by Gasteiger charge is 2.06. The summed E-state index contributed by atoms with van der Waals surface area (Å²) in [4.78, 5) is 16.8. The second kappa shape index (κ2) is 8.23. The van der Waals surface area contributed by atoms with E-state index >= 15 is 0 Å². The molecular formula is C23H20N2O2S. The second-order valence-electron chi connectivity index (χ2n) is 6.60. The molecule has 4 rings (SSSR count). The zero-order valence-corrected chi connectivity index (χ0v) is 16.3. The Morgan fingerprint density at radius 2 is 1.86 bits per heavy atom. The predicted octanol–water partition coefficient (Wildman–Crippen LogP) is 5.21. The van der Waals surface area contributed by atoms with Gasteiger partial charge in [0, 0.05) is 12.1 Å². The van der Waals surface area contributed by atoms with Gasteiger partial charge in [0.25, 0.3) is 5.91 Å². The monoisotopic (exact) mass is 388 g/mol. The molecule has 4 nitrogen and oxygen atoms in total. The summed E-state index contributed by atoms with van der Waals surface area (Å²) in [6.07, 6.45) is 0.782. The number of anilines is 1. The van der Waals surface area contributed by atoms with Crippen molar-refractivity contribution in [1.29, 1.82) is 0 Å². The quantitative estimate of drug-likeness (QED) is 0.493. The summed E-state index contributed by atoms with van der Waals surface area (Å²) in [5, 5.41) is 3.95. The Morgan fingerprint density at radius 1 is 1.04 bits per heavy atom. The lowest BCUT2D eigenvalue weighted by atomic mass is 10.1. The van der Waals surface area contributed by atoms with Crippen molar-refractivity contribution in [2.45, 2.75) is 13.3 Å². The largest absolute Gasteiger partial charge is 0.484 e. The SMILES string of the molecule is Cc1cccc(OCC(=O)Nc2ccc(Cc3nc4ccccc4s3)cc2)c1. The normalized spacial score (nSPS) is 10.8. The fraction of sp³-hybridized carbons (Fsp3) is 0.130. The molecule has 0 radical (unpaired) electrons. The van der Waals surface area contributed by atoms with Crippen LogP contribution in [0.4, 0.5) is 5.69 Å². The van der Waals surface area contributed by atoms with Gasteiger partial charge in [0.05, 0.1) is 15.2 Å². The zero-order valence-electron chi connectivity index (χ0n) is 15.5. The Kier molecular flexibility index (Phi) is 5.35. The fourth-order valence-corrected chi connectivity index (χ4v) is 3.93. The van der Waals surface area contributed by atoms with Crippen LogP contribution in [0.3, 0.4) is 0 Å². The minimum Gasteiger partial charge on any atom is -0.484 e. The fourth-order valence-electron chi connectivity index (χ4n) is 2.93. The van der Waals surface area contributed by atoms with Crippen molar-refractivity contribution in [2.24, 2.45) is 0 Å². The number of aryl methyl sites for hydroxylation is 1. The predicted molar refractivity (Wildman–Crippen MR) is 114 cm³/mol. The van der Waals surface area contributed by atoms with Crippen molar-refractivity contribution in [3.63, 3.8) is 0 Å². The molecule has 0 fully saturated rings. The first-order valence-electron chi connectivity index (χ1n) is 9.08. The van der Waals surface area contributed by atoms with Crippen molar-refractivity contribution in [3.8, 4) is 5.75 Å². The van der Waals surface area contributed by atoms with Crippen LogP contribution in [0, 0.1) is 6.92 Å². The highest BCUT2D eigenvalue weighted by Crippen LogP contribution is 2.24. The molecule has 28 heavy (non-hydrogen) atoms. The van der Waals surface area contributed by atoms with E-state index in [0.717, 1.165) is 33.8 Å². The van der Waals surface area contributed by atoms with Gasteiger partial charge in [-0.1, -0.05) is 36.4 Å². The zero-order chi connectivity index (χ0) is 19.3. The van der Waals surface area contributed by atoms with Crippen molar-refractivity contribution in [1.82, 2.24) is 4.98 Å². The summed E-state index contributed by atoms with van der Waals surface area (Å²) in [6.45, 7) is 1.97. The van der Waals surface area contributed by atoms with E-state index in [0.29, 0.717) is 5.75 Å². The minimum atomic E-state index is -0.180. The van der Waals surface area contributed by atoms with Gasteiger partial charge in [0.2, 0.25) is 0 Å². The van der Waals surface area contributed by atoms with Crippen LogP contribution in [0.25, 0.3) is 10.2 Å². The van der Waals surface area contributed by atoms with Crippen LogP contribution in [0.1, 0.15) is 16.1 Å². The first kappa shape index (κ1) is 18.2. The van der Waals surface area contributed by atoms with Gasteiger partial charge in [0.15, 0.2) is 6.61 Å². The van der Waals surface area contributed by atoms with E-state index in [1.807, 2.05) is 73.7 Å². The molecule has 0 aliphatic rings. The molecule has 0 saturated carbocycles. The highest BCUT2D eigenvalue weighted by molar-refractivity contribution is 7.18. The van der Waals surface area contributed by atoms with Crippen molar-refractivity contribution >= 4 is 33.1 Å². The molecule has 0 unspecified atom stereocenters. The topological polar surface area (TPSA) is 51.2 Å². The van der Waals surface area contributed by atoms with E-state index in [-0.39, 0.29) is 12.5 Å². The third-order valence-corrected chi connectivity index (χ3v) is 5.33. The van der Waals surface area contributed by atoms with Crippen LogP contribution in [-0.4, -0.2) is 17.5 Å². The molecule has 4 aromatic rings. The smallest absolute Gasteiger partial charge is 0.262 e. The molecule has 1 N–H and O–H groups in total. The molecule has 1 aromatic heterocycles. The second-order valence-corrected chi connectivity index (χ2v) is 7.72. The molecular weight excluding hydrogens is 368 g/mol. The third-order valence-electron chi connectivity index (χ3n) is 4.29. The van der Waals surface area contributed by atoms with E-state index in [2.05, 4.69) is 16.4 Å². The van der Waals surface area contributed by atoms with Crippen molar-refractivity contribution in [2.75, 3.05) is 11.9 Å². The standard InChI is InChI=1S/C23H20N2O2S/c1-16-5-4-6-19(13-16)27-15-22(26)24-18-11-9-17(10-12-18)14-23-25-20-7-2-3-8-21(20)28-23/h2-13H,14-15H2,1H3,(H,24,26). The Hall–Kier alpha value is -3.18. The molecule has 0 saturated heterocycles. The Morgan fingerprint density at radius 3 is 2.64 bits per heavy atom. The number of benzene rings is 3. The number of carbonyl (C=O) groups excluding carboxylic acids is 1. The lowest BCUT2D eigenvalue weighted by Gasteiger charge is -2.08. The summed E-state index contributed by atoms with van der Waals surface area (Å²) >= 11 is 1.72. The summed E-state index contributed by atoms with van der Waals surface area (Å²) in [5.41, 5.74) is 4.06. The molecule has 3 aromatic carbocycles. The molecule has 0 aliphatic carbocycles. The average molecular weight is 388 g/mol.